The van der Waals surface area contributed by atoms with Crippen LogP contribution in [0.1, 0.15) is 55.3 Å². The standard InChI is InChI=1S/C23H29N3O/c1-16-3-5-19(6-4-16)22-10-17-9-18(11-22)13-23(12-17,15-22)21(27)24-14-20-7-8-25-26(20)2/h3-8,17-18H,9-15H2,1-2H3,(H,24,27). The molecule has 142 valence electrons. The Balaban J connectivity index is 1.42. The van der Waals surface area contributed by atoms with Gasteiger partial charge < -0.3 is 5.32 Å². The van der Waals surface area contributed by atoms with Gasteiger partial charge in [0.25, 0.3) is 0 Å². The third kappa shape index (κ3) is 2.72. The fraction of sp³-hybridized carbons (Fsp3) is 0.565. The first-order chi connectivity index (χ1) is 13.0. The Morgan fingerprint density at radius 3 is 2.48 bits per heavy atom. The Hall–Kier alpha value is -2.10. The summed E-state index contributed by atoms with van der Waals surface area (Å²) in [4.78, 5) is 13.4. The van der Waals surface area contributed by atoms with E-state index in [9.17, 15) is 4.79 Å². The maximum Gasteiger partial charge on any atom is 0.226 e. The highest BCUT2D eigenvalue weighted by molar-refractivity contribution is 5.83. The predicted octanol–water partition coefficient (Wildman–Crippen LogP) is 3.88. The minimum absolute atomic E-state index is 0.173. The number of aryl methyl sites for hydroxylation is 2. The highest BCUT2D eigenvalue weighted by atomic mass is 16.2. The number of hydrogen-bond acceptors (Lipinski definition) is 2. The van der Waals surface area contributed by atoms with Gasteiger partial charge in [-0.3, -0.25) is 9.48 Å². The Morgan fingerprint density at radius 1 is 1.15 bits per heavy atom. The summed E-state index contributed by atoms with van der Waals surface area (Å²) < 4.78 is 1.84. The molecule has 2 aromatic rings. The van der Waals surface area contributed by atoms with Gasteiger partial charge in [-0.15, -0.1) is 0 Å². The lowest BCUT2D eigenvalue weighted by molar-refractivity contribution is -0.149. The number of aromatic nitrogens is 2. The zero-order chi connectivity index (χ0) is 18.6. The number of hydrogen-bond donors (Lipinski definition) is 1. The second-order valence-electron chi connectivity index (χ2n) is 9.52. The summed E-state index contributed by atoms with van der Waals surface area (Å²) in [6.45, 7) is 2.72. The van der Waals surface area contributed by atoms with Crippen molar-refractivity contribution < 1.29 is 4.79 Å². The molecular formula is C23H29N3O. The van der Waals surface area contributed by atoms with Crippen molar-refractivity contribution in [1.29, 1.82) is 0 Å². The quantitative estimate of drug-likeness (QED) is 0.896. The molecule has 0 aliphatic heterocycles. The summed E-state index contributed by atoms with van der Waals surface area (Å²) in [5, 5.41) is 7.47. The lowest BCUT2D eigenvalue weighted by atomic mass is 9.42. The summed E-state index contributed by atoms with van der Waals surface area (Å²) in [6, 6.07) is 11.1. The van der Waals surface area contributed by atoms with Gasteiger partial charge in [-0.25, -0.2) is 0 Å². The van der Waals surface area contributed by atoms with Crippen LogP contribution in [0.15, 0.2) is 36.5 Å². The Morgan fingerprint density at radius 2 is 1.85 bits per heavy atom. The molecule has 4 nitrogen and oxygen atoms in total. The number of carbonyl (C=O) groups is 1. The first-order valence-corrected chi connectivity index (χ1v) is 10.3. The highest BCUT2D eigenvalue weighted by Gasteiger charge is 2.60. The first-order valence-electron chi connectivity index (χ1n) is 10.3. The maximum absolute atomic E-state index is 13.4. The van der Waals surface area contributed by atoms with E-state index in [-0.39, 0.29) is 16.7 Å². The largest absolute Gasteiger partial charge is 0.350 e. The van der Waals surface area contributed by atoms with Crippen LogP contribution in [0.5, 0.6) is 0 Å². The molecule has 27 heavy (non-hydrogen) atoms. The normalized spacial score (nSPS) is 34.0. The van der Waals surface area contributed by atoms with E-state index in [0.717, 1.165) is 25.0 Å². The van der Waals surface area contributed by atoms with Crippen molar-refractivity contribution in [2.45, 2.75) is 57.4 Å². The third-order valence-corrected chi connectivity index (χ3v) is 7.56. The van der Waals surface area contributed by atoms with Gasteiger partial charge in [0.2, 0.25) is 5.91 Å². The van der Waals surface area contributed by atoms with E-state index in [2.05, 4.69) is 41.6 Å². The molecule has 1 aromatic heterocycles. The summed E-state index contributed by atoms with van der Waals surface area (Å²) in [5.74, 6) is 1.68. The van der Waals surface area contributed by atoms with Crippen molar-refractivity contribution in [2.75, 3.05) is 0 Å². The van der Waals surface area contributed by atoms with E-state index in [1.165, 1.54) is 30.4 Å². The number of amides is 1. The molecule has 2 atom stereocenters. The van der Waals surface area contributed by atoms with E-state index in [0.29, 0.717) is 18.4 Å². The summed E-state index contributed by atoms with van der Waals surface area (Å²) in [5.41, 5.74) is 3.87. The second kappa shape index (κ2) is 5.95. The molecule has 1 aromatic carbocycles. The molecule has 2 unspecified atom stereocenters. The van der Waals surface area contributed by atoms with E-state index in [1.807, 2.05) is 17.8 Å². The minimum Gasteiger partial charge on any atom is -0.350 e. The molecule has 4 bridgehead atoms. The van der Waals surface area contributed by atoms with Gasteiger partial charge in [0.15, 0.2) is 0 Å². The number of rotatable bonds is 4. The molecule has 6 rings (SSSR count). The topological polar surface area (TPSA) is 46.9 Å². The van der Waals surface area contributed by atoms with Crippen LogP contribution >= 0.6 is 0 Å². The van der Waals surface area contributed by atoms with Crippen LogP contribution in [0.25, 0.3) is 0 Å². The maximum atomic E-state index is 13.4. The van der Waals surface area contributed by atoms with Crippen LogP contribution in [0.3, 0.4) is 0 Å². The van der Waals surface area contributed by atoms with Gasteiger partial charge in [-0.2, -0.15) is 5.10 Å². The summed E-state index contributed by atoms with van der Waals surface area (Å²) in [6.07, 6.45) is 8.82. The zero-order valence-electron chi connectivity index (χ0n) is 16.4. The van der Waals surface area contributed by atoms with Crippen molar-refractivity contribution in [2.24, 2.45) is 24.3 Å². The molecule has 4 aliphatic carbocycles. The smallest absolute Gasteiger partial charge is 0.226 e. The van der Waals surface area contributed by atoms with Gasteiger partial charge in [0.1, 0.15) is 0 Å². The van der Waals surface area contributed by atoms with Crippen LogP contribution in [-0.4, -0.2) is 15.7 Å². The SMILES string of the molecule is Cc1ccc(C23CC4CC(CC(C(=O)NCc5ccnn5C)(C4)C2)C3)cc1. The molecule has 1 N–H and O–H groups in total. The third-order valence-electron chi connectivity index (χ3n) is 7.56. The molecule has 4 heteroatoms. The molecule has 1 amide bonds. The zero-order valence-corrected chi connectivity index (χ0v) is 16.4. The fourth-order valence-electron chi connectivity index (χ4n) is 6.71. The molecular weight excluding hydrogens is 334 g/mol. The lowest BCUT2D eigenvalue weighted by Crippen LogP contribution is -2.59. The number of nitrogens with zero attached hydrogens (tertiary/aromatic N) is 2. The number of benzene rings is 1. The van der Waals surface area contributed by atoms with E-state index in [4.69, 9.17) is 0 Å². The van der Waals surface area contributed by atoms with Gasteiger partial charge in [-0.05, 0) is 74.3 Å². The average molecular weight is 364 g/mol. The molecule has 4 aliphatic rings. The van der Waals surface area contributed by atoms with Crippen LogP contribution < -0.4 is 5.32 Å². The van der Waals surface area contributed by atoms with E-state index >= 15 is 0 Å². The molecule has 0 radical (unpaired) electrons. The van der Waals surface area contributed by atoms with Crippen molar-refractivity contribution >= 4 is 5.91 Å². The van der Waals surface area contributed by atoms with Crippen LogP contribution in [0.2, 0.25) is 0 Å². The van der Waals surface area contributed by atoms with Gasteiger partial charge in [0.05, 0.1) is 17.7 Å². The first kappa shape index (κ1) is 17.0. The number of nitrogens with one attached hydrogen (secondary N) is 1. The Bertz CT molecular complexity index is 852. The Kier molecular flexibility index (Phi) is 3.75. The van der Waals surface area contributed by atoms with Gasteiger partial charge >= 0.3 is 0 Å². The van der Waals surface area contributed by atoms with Crippen LogP contribution in [0, 0.1) is 24.2 Å². The molecule has 0 saturated heterocycles. The number of carbonyl (C=O) groups excluding carboxylic acids is 1. The van der Waals surface area contributed by atoms with E-state index < -0.39 is 0 Å². The van der Waals surface area contributed by atoms with Gasteiger partial charge in [0, 0.05) is 13.2 Å². The minimum atomic E-state index is -0.173. The van der Waals surface area contributed by atoms with E-state index in [1.54, 1.807) is 6.20 Å². The second-order valence-corrected chi connectivity index (χ2v) is 9.52. The molecule has 4 fully saturated rings. The molecule has 4 saturated carbocycles. The average Bonchev–Trinajstić information content (AvgIpc) is 3.04. The van der Waals surface area contributed by atoms with Crippen molar-refractivity contribution in [3.8, 4) is 0 Å². The van der Waals surface area contributed by atoms with Crippen LogP contribution in [-0.2, 0) is 23.8 Å². The van der Waals surface area contributed by atoms with Crippen LogP contribution in [0.4, 0.5) is 0 Å². The molecule has 1 heterocycles. The van der Waals surface area contributed by atoms with Crippen molar-refractivity contribution in [1.82, 2.24) is 15.1 Å². The van der Waals surface area contributed by atoms with Crippen molar-refractivity contribution in [3.63, 3.8) is 0 Å². The Labute approximate surface area is 161 Å². The highest BCUT2D eigenvalue weighted by Crippen LogP contribution is 2.65. The predicted molar refractivity (Wildman–Crippen MR) is 105 cm³/mol. The lowest BCUT2D eigenvalue weighted by Gasteiger charge is -2.61. The van der Waals surface area contributed by atoms with Crippen molar-refractivity contribution in [3.05, 3.63) is 53.3 Å². The summed E-state index contributed by atoms with van der Waals surface area (Å²) in [7, 11) is 1.93. The monoisotopic (exact) mass is 363 g/mol. The van der Waals surface area contributed by atoms with Gasteiger partial charge in [-0.1, -0.05) is 29.8 Å². The fourth-order valence-corrected chi connectivity index (χ4v) is 6.71. The summed E-state index contributed by atoms with van der Waals surface area (Å²) >= 11 is 0. The molecule has 0 spiro atoms.